The molecule has 0 saturated carbocycles. The lowest BCUT2D eigenvalue weighted by Crippen LogP contribution is -2.41. The maximum absolute atomic E-state index is 10.9. The Morgan fingerprint density at radius 3 is 2.11 bits per heavy atom. The molecular weight excluding hydrogens is 227 g/mol. The van der Waals surface area contributed by atoms with Crippen LogP contribution < -0.4 is 0 Å². The van der Waals surface area contributed by atoms with Crippen molar-refractivity contribution in [1.82, 2.24) is 0 Å². The Balaban J connectivity index is 2.34. The van der Waals surface area contributed by atoms with Crippen molar-refractivity contribution in [2.75, 3.05) is 0 Å². The first-order valence-corrected chi connectivity index (χ1v) is 6.99. The van der Waals surface area contributed by atoms with E-state index in [1.165, 1.54) is 0 Å². The van der Waals surface area contributed by atoms with Gasteiger partial charge >= 0.3 is 7.12 Å². The van der Waals surface area contributed by atoms with Crippen LogP contribution in [0.1, 0.15) is 60.8 Å². The molecule has 0 amide bonds. The average molecular weight is 254 g/mol. The third-order valence-electron chi connectivity index (χ3n) is 4.12. The number of ketones is 1. The van der Waals surface area contributed by atoms with Crippen LogP contribution in [0.3, 0.4) is 0 Å². The highest BCUT2D eigenvalue weighted by molar-refractivity contribution is 6.45. The van der Waals surface area contributed by atoms with Crippen LogP contribution in [-0.2, 0) is 14.1 Å². The summed E-state index contributed by atoms with van der Waals surface area (Å²) in [5.41, 5.74) is -0.479. The summed E-state index contributed by atoms with van der Waals surface area (Å²) in [6.45, 7) is 12.2. The van der Waals surface area contributed by atoms with Gasteiger partial charge in [0, 0.05) is 6.42 Å². The minimum Gasteiger partial charge on any atom is -0.403 e. The SMILES string of the molecule is CC(=O)CCCC(C)CB1OC(C)(C)C(C)(C)O1. The third-order valence-corrected chi connectivity index (χ3v) is 4.12. The van der Waals surface area contributed by atoms with Gasteiger partial charge in [-0.05, 0) is 53.3 Å². The van der Waals surface area contributed by atoms with Gasteiger partial charge in [0.15, 0.2) is 0 Å². The molecule has 0 aliphatic carbocycles. The minimum absolute atomic E-state index is 0.109. The van der Waals surface area contributed by atoms with E-state index in [-0.39, 0.29) is 24.1 Å². The molecule has 3 nitrogen and oxygen atoms in total. The molecule has 0 aromatic rings. The molecule has 0 aromatic carbocycles. The average Bonchev–Trinajstić information content (AvgIpc) is 2.33. The number of carbonyl (C=O) groups excluding carboxylic acids is 1. The molecule has 1 aliphatic rings. The van der Waals surface area contributed by atoms with Gasteiger partial charge in [0.2, 0.25) is 0 Å². The molecule has 104 valence electrons. The maximum atomic E-state index is 10.9. The highest BCUT2D eigenvalue weighted by atomic mass is 16.7. The van der Waals surface area contributed by atoms with E-state index in [1.807, 2.05) is 0 Å². The van der Waals surface area contributed by atoms with Crippen molar-refractivity contribution in [1.29, 1.82) is 0 Å². The molecule has 1 heterocycles. The summed E-state index contributed by atoms with van der Waals surface area (Å²) in [6, 6.07) is 0. The zero-order valence-electron chi connectivity index (χ0n) is 12.7. The topological polar surface area (TPSA) is 35.5 Å². The molecule has 18 heavy (non-hydrogen) atoms. The lowest BCUT2D eigenvalue weighted by Gasteiger charge is -2.32. The fourth-order valence-corrected chi connectivity index (χ4v) is 2.21. The lowest BCUT2D eigenvalue weighted by molar-refractivity contribution is -0.117. The van der Waals surface area contributed by atoms with E-state index >= 15 is 0 Å². The van der Waals surface area contributed by atoms with Crippen LogP contribution in [0.5, 0.6) is 0 Å². The van der Waals surface area contributed by atoms with Crippen molar-refractivity contribution in [2.45, 2.75) is 78.3 Å². The van der Waals surface area contributed by atoms with Gasteiger partial charge < -0.3 is 14.1 Å². The number of carbonyl (C=O) groups is 1. The van der Waals surface area contributed by atoms with Crippen molar-refractivity contribution >= 4 is 12.9 Å². The second kappa shape index (κ2) is 5.75. The Hall–Kier alpha value is -0.345. The highest BCUT2D eigenvalue weighted by Gasteiger charge is 2.50. The molecule has 0 bridgehead atoms. The first-order chi connectivity index (χ1) is 8.14. The quantitative estimate of drug-likeness (QED) is 0.681. The second-order valence-corrected chi connectivity index (χ2v) is 6.62. The molecule has 0 N–H and O–H groups in total. The van der Waals surface area contributed by atoms with Gasteiger partial charge in [0.1, 0.15) is 5.78 Å². The van der Waals surface area contributed by atoms with E-state index in [4.69, 9.17) is 9.31 Å². The van der Waals surface area contributed by atoms with Crippen molar-refractivity contribution in [3.63, 3.8) is 0 Å². The Labute approximate surface area is 112 Å². The van der Waals surface area contributed by atoms with Gasteiger partial charge in [-0.2, -0.15) is 0 Å². The Bertz CT molecular complexity index is 283. The fraction of sp³-hybridized carbons (Fsp3) is 0.929. The van der Waals surface area contributed by atoms with Crippen LogP contribution >= 0.6 is 0 Å². The third kappa shape index (κ3) is 4.09. The predicted octanol–water partition coefficient (Wildman–Crippen LogP) is 3.47. The molecule has 1 unspecified atom stereocenters. The summed E-state index contributed by atoms with van der Waals surface area (Å²) in [4.78, 5) is 10.9. The van der Waals surface area contributed by atoms with Gasteiger partial charge in [-0.1, -0.05) is 13.3 Å². The molecule has 0 radical (unpaired) electrons. The van der Waals surface area contributed by atoms with Gasteiger partial charge in [0.25, 0.3) is 0 Å². The predicted molar refractivity (Wildman–Crippen MR) is 74.6 cm³/mol. The highest BCUT2D eigenvalue weighted by Crippen LogP contribution is 2.38. The van der Waals surface area contributed by atoms with Crippen molar-refractivity contribution in [3.05, 3.63) is 0 Å². The standard InChI is InChI=1S/C14H27BO3/c1-11(8-7-9-12(2)16)10-15-17-13(3,4)14(5,6)18-15/h11H,7-10H2,1-6H3. The molecule has 1 aliphatic heterocycles. The number of hydrogen-bond donors (Lipinski definition) is 0. The van der Waals surface area contributed by atoms with E-state index in [1.54, 1.807) is 6.92 Å². The van der Waals surface area contributed by atoms with Crippen LogP contribution in [0.4, 0.5) is 0 Å². The van der Waals surface area contributed by atoms with Gasteiger partial charge in [-0.25, -0.2) is 0 Å². The van der Waals surface area contributed by atoms with E-state index < -0.39 is 0 Å². The van der Waals surface area contributed by atoms with Crippen molar-refractivity contribution < 1.29 is 14.1 Å². The second-order valence-electron chi connectivity index (χ2n) is 6.62. The van der Waals surface area contributed by atoms with E-state index in [9.17, 15) is 4.79 Å². The molecule has 1 rings (SSSR count). The summed E-state index contributed by atoms with van der Waals surface area (Å²) in [5.74, 6) is 0.803. The summed E-state index contributed by atoms with van der Waals surface area (Å²) in [6.07, 6.45) is 3.62. The minimum atomic E-state index is -0.239. The van der Waals surface area contributed by atoms with Crippen molar-refractivity contribution in [3.8, 4) is 0 Å². The number of hydrogen-bond acceptors (Lipinski definition) is 3. The molecular formula is C14H27BO3. The van der Waals surface area contributed by atoms with Gasteiger partial charge in [0.05, 0.1) is 11.2 Å². The molecule has 1 fully saturated rings. The van der Waals surface area contributed by atoms with Gasteiger partial charge in [-0.3, -0.25) is 0 Å². The largest absolute Gasteiger partial charge is 0.458 e. The Kier molecular flexibility index (Phi) is 5.01. The van der Waals surface area contributed by atoms with Crippen LogP contribution in [-0.4, -0.2) is 24.1 Å². The molecule has 1 saturated heterocycles. The van der Waals surface area contributed by atoms with E-state index in [0.29, 0.717) is 12.3 Å². The monoisotopic (exact) mass is 254 g/mol. The van der Waals surface area contributed by atoms with Crippen molar-refractivity contribution in [2.24, 2.45) is 5.92 Å². The smallest absolute Gasteiger partial charge is 0.403 e. The molecule has 1 atom stereocenters. The molecule has 0 aromatic heterocycles. The van der Waals surface area contributed by atoms with E-state index in [2.05, 4.69) is 34.6 Å². The molecule has 4 heteroatoms. The first kappa shape index (κ1) is 15.7. The summed E-state index contributed by atoms with van der Waals surface area (Å²) in [7, 11) is -0.109. The first-order valence-electron chi connectivity index (χ1n) is 6.99. The van der Waals surface area contributed by atoms with Crippen LogP contribution in [0.15, 0.2) is 0 Å². The Morgan fingerprint density at radius 1 is 1.17 bits per heavy atom. The molecule has 0 spiro atoms. The zero-order valence-corrected chi connectivity index (χ0v) is 12.7. The summed E-state index contributed by atoms with van der Waals surface area (Å²) in [5, 5.41) is 0. The summed E-state index contributed by atoms with van der Waals surface area (Å²) < 4.78 is 11.9. The van der Waals surface area contributed by atoms with Crippen LogP contribution in [0.2, 0.25) is 6.32 Å². The fourth-order valence-electron chi connectivity index (χ4n) is 2.21. The normalized spacial score (nSPS) is 23.1. The van der Waals surface area contributed by atoms with Crippen LogP contribution in [0.25, 0.3) is 0 Å². The Morgan fingerprint density at radius 2 is 1.67 bits per heavy atom. The van der Waals surface area contributed by atoms with E-state index in [0.717, 1.165) is 19.2 Å². The number of rotatable bonds is 6. The van der Waals surface area contributed by atoms with Gasteiger partial charge in [-0.15, -0.1) is 0 Å². The van der Waals surface area contributed by atoms with Crippen LogP contribution in [0, 0.1) is 5.92 Å². The lowest BCUT2D eigenvalue weighted by atomic mass is 9.76. The zero-order chi connectivity index (χ0) is 14.0. The maximum Gasteiger partial charge on any atom is 0.458 e. The number of Topliss-reactive ketones (excluding diaryl/α,β-unsaturated/α-hetero) is 1. The summed E-state index contributed by atoms with van der Waals surface area (Å²) >= 11 is 0.